The largest absolute Gasteiger partial charge is 0.366 e. The molecule has 0 radical (unpaired) electrons. The van der Waals surface area contributed by atoms with Crippen molar-refractivity contribution in [3.05, 3.63) is 29.8 Å². The number of anilines is 1. The summed E-state index contributed by atoms with van der Waals surface area (Å²) in [4.78, 5) is 13.6. The van der Waals surface area contributed by atoms with Crippen LogP contribution in [0.3, 0.4) is 0 Å². The van der Waals surface area contributed by atoms with Gasteiger partial charge in [-0.15, -0.1) is 0 Å². The Hall–Kier alpha value is -1.35. The quantitative estimate of drug-likeness (QED) is 0.765. The van der Waals surface area contributed by atoms with Gasteiger partial charge in [0, 0.05) is 24.3 Å². The maximum Gasteiger partial charge on any atom is 0.159 e. The lowest BCUT2D eigenvalue weighted by Gasteiger charge is -2.48. The fourth-order valence-electron chi connectivity index (χ4n) is 2.88. The summed E-state index contributed by atoms with van der Waals surface area (Å²) in [6, 6.07) is 7.84. The molecule has 1 aromatic rings. The van der Waals surface area contributed by atoms with Gasteiger partial charge in [0.15, 0.2) is 5.78 Å². The Balaban J connectivity index is 2.23. The Kier molecular flexibility index (Phi) is 3.43. The number of carbonyl (C=O) groups is 1. The predicted octanol–water partition coefficient (Wildman–Crippen LogP) is 3.28. The fraction of sp³-hybridized carbons (Fsp3) is 0.562. The van der Waals surface area contributed by atoms with Gasteiger partial charge in [-0.3, -0.25) is 4.79 Å². The van der Waals surface area contributed by atoms with E-state index in [1.54, 1.807) is 6.92 Å². The number of Topliss-reactive ketones (excluding diaryl/α,β-unsaturated/α-hetero) is 1. The van der Waals surface area contributed by atoms with E-state index in [9.17, 15) is 4.79 Å². The average molecular weight is 261 g/mol. The molecule has 0 unspecified atom stereocenters. The summed E-state index contributed by atoms with van der Waals surface area (Å²) >= 11 is 0. The number of hydrogen-bond donors (Lipinski definition) is 0. The molecule has 104 valence electrons. The summed E-state index contributed by atoms with van der Waals surface area (Å²) < 4.78 is 6.08. The van der Waals surface area contributed by atoms with Crippen LogP contribution in [-0.4, -0.2) is 30.1 Å². The summed E-state index contributed by atoms with van der Waals surface area (Å²) in [5.74, 6) is 0.106. The third kappa shape index (κ3) is 3.35. The highest BCUT2D eigenvalue weighted by molar-refractivity contribution is 5.94. The number of benzene rings is 1. The first-order chi connectivity index (χ1) is 8.69. The molecular weight excluding hydrogens is 238 g/mol. The number of carbonyl (C=O) groups excluding carboxylic acids is 1. The lowest BCUT2D eigenvalue weighted by atomic mass is 9.98. The molecule has 19 heavy (non-hydrogen) atoms. The molecule has 0 spiro atoms. The molecule has 1 heterocycles. The average Bonchev–Trinajstić information content (AvgIpc) is 2.25. The molecule has 3 nitrogen and oxygen atoms in total. The summed E-state index contributed by atoms with van der Waals surface area (Å²) in [5, 5.41) is 0. The Morgan fingerprint density at radius 1 is 1.05 bits per heavy atom. The fourth-order valence-corrected chi connectivity index (χ4v) is 2.88. The second-order valence-electron chi connectivity index (χ2n) is 6.58. The van der Waals surface area contributed by atoms with Crippen molar-refractivity contribution in [3.8, 4) is 0 Å². The number of hydrogen-bond acceptors (Lipinski definition) is 3. The normalized spacial score (nSPS) is 21.2. The van der Waals surface area contributed by atoms with E-state index in [4.69, 9.17) is 4.74 Å². The molecule has 1 aromatic carbocycles. The van der Waals surface area contributed by atoms with Gasteiger partial charge in [-0.1, -0.05) is 0 Å². The van der Waals surface area contributed by atoms with Gasteiger partial charge in [0.25, 0.3) is 0 Å². The predicted molar refractivity (Wildman–Crippen MR) is 77.9 cm³/mol. The zero-order chi connectivity index (χ0) is 14.3. The molecular formula is C16H23NO2. The molecule has 1 aliphatic rings. The summed E-state index contributed by atoms with van der Waals surface area (Å²) in [7, 11) is 0. The van der Waals surface area contributed by atoms with Crippen LogP contribution < -0.4 is 4.90 Å². The van der Waals surface area contributed by atoms with Gasteiger partial charge in [-0.2, -0.15) is 0 Å². The highest BCUT2D eigenvalue weighted by Crippen LogP contribution is 2.31. The number of morpholine rings is 1. The standard InChI is InChI=1S/C16H23NO2/c1-12(18)13-6-8-14(9-7-13)17-10-15(2,3)19-16(4,5)11-17/h6-9H,10-11H2,1-5H3. The van der Waals surface area contributed by atoms with Crippen LogP contribution in [0.4, 0.5) is 5.69 Å². The third-order valence-electron chi connectivity index (χ3n) is 3.33. The van der Waals surface area contributed by atoms with Gasteiger partial charge >= 0.3 is 0 Å². The number of ether oxygens (including phenoxy) is 1. The monoisotopic (exact) mass is 261 g/mol. The lowest BCUT2D eigenvalue weighted by Crippen LogP contribution is -2.57. The van der Waals surface area contributed by atoms with Crippen LogP contribution in [0.15, 0.2) is 24.3 Å². The molecule has 1 aliphatic heterocycles. The molecule has 0 saturated carbocycles. The van der Waals surface area contributed by atoms with E-state index in [0.29, 0.717) is 0 Å². The van der Waals surface area contributed by atoms with Gasteiger partial charge in [0.2, 0.25) is 0 Å². The van der Waals surface area contributed by atoms with Crippen molar-refractivity contribution in [2.45, 2.75) is 45.8 Å². The van der Waals surface area contributed by atoms with Crippen molar-refractivity contribution >= 4 is 11.5 Å². The van der Waals surface area contributed by atoms with Crippen molar-refractivity contribution in [1.29, 1.82) is 0 Å². The zero-order valence-electron chi connectivity index (χ0n) is 12.5. The Morgan fingerprint density at radius 3 is 1.95 bits per heavy atom. The van der Waals surface area contributed by atoms with Crippen LogP contribution in [-0.2, 0) is 4.74 Å². The SMILES string of the molecule is CC(=O)c1ccc(N2CC(C)(C)OC(C)(C)C2)cc1. The van der Waals surface area contributed by atoms with E-state index >= 15 is 0 Å². The third-order valence-corrected chi connectivity index (χ3v) is 3.33. The first-order valence-corrected chi connectivity index (χ1v) is 6.75. The summed E-state index contributed by atoms with van der Waals surface area (Å²) in [5.41, 5.74) is 1.58. The summed E-state index contributed by atoms with van der Waals surface area (Å²) in [6.45, 7) is 11.8. The van der Waals surface area contributed by atoms with Crippen LogP contribution in [0.5, 0.6) is 0 Å². The first-order valence-electron chi connectivity index (χ1n) is 6.75. The van der Waals surface area contributed by atoms with E-state index in [2.05, 4.69) is 32.6 Å². The molecule has 0 amide bonds. The van der Waals surface area contributed by atoms with Gasteiger partial charge in [-0.25, -0.2) is 0 Å². The second-order valence-corrected chi connectivity index (χ2v) is 6.58. The maximum absolute atomic E-state index is 11.3. The topological polar surface area (TPSA) is 29.5 Å². The molecule has 0 aliphatic carbocycles. The Morgan fingerprint density at radius 2 is 1.53 bits per heavy atom. The van der Waals surface area contributed by atoms with Crippen LogP contribution in [0.2, 0.25) is 0 Å². The molecule has 1 fully saturated rings. The van der Waals surface area contributed by atoms with E-state index in [1.807, 2.05) is 24.3 Å². The smallest absolute Gasteiger partial charge is 0.159 e. The van der Waals surface area contributed by atoms with Gasteiger partial charge < -0.3 is 9.64 Å². The molecule has 3 heteroatoms. The number of nitrogens with zero attached hydrogens (tertiary/aromatic N) is 1. The van der Waals surface area contributed by atoms with Crippen LogP contribution >= 0.6 is 0 Å². The molecule has 0 N–H and O–H groups in total. The molecule has 2 rings (SSSR count). The molecule has 0 aromatic heterocycles. The van der Waals surface area contributed by atoms with Crippen molar-refractivity contribution < 1.29 is 9.53 Å². The minimum atomic E-state index is -0.166. The van der Waals surface area contributed by atoms with Gasteiger partial charge in [-0.05, 0) is 58.9 Å². The molecule has 1 saturated heterocycles. The molecule has 0 atom stereocenters. The number of rotatable bonds is 2. The minimum absolute atomic E-state index is 0.106. The molecule has 0 bridgehead atoms. The van der Waals surface area contributed by atoms with E-state index in [1.165, 1.54) is 0 Å². The van der Waals surface area contributed by atoms with E-state index < -0.39 is 0 Å². The summed E-state index contributed by atoms with van der Waals surface area (Å²) in [6.07, 6.45) is 0. The van der Waals surface area contributed by atoms with E-state index in [-0.39, 0.29) is 17.0 Å². The van der Waals surface area contributed by atoms with Crippen molar-refractivity contribution in [2.24, 2.45) is 0 Å². The van der Waals surface area contributed by atoms with Crippen molar-refractivity contribution in [3.63, 3.8) is 0 Å². The Labute approximate surface area is 115 Å². The van der Waals surface area contributed by atoms with E-state index in [0.717, 1.165) is 24.3 Å². The highest BCUT2D eigenvalue weighted by atomic mass is 16.5. The first kappa shape index (κ1) is 14.1. The lowest BCUT2D eigenvalue weighted by molar-refractivity contribution is -0.133. The van der Waals surface area contributed by atoms with Crippen LogP contribution in [0.25, 0.3) is 0 Å². The second kappa shape index (κ2) is 4.64. The zero-order valence-corrected chi connectivity index (χ0v) is 12.5. The van der Waals surface area contributed by atoms with Crippen LogP contribution in [0, 0.1) is 0 Å². The van der Waals surface area contributed by atoms with Gasteiger partial charge in [0.1, 0.15) is 0 Å². The maximum atomic E-state index is 11.3. The Bertz CT molecular complexity index is 458. The van der Waals surface area contributed by atoms with Crippen molar-refractivity contribution in [1.82, 2.24) is 0 Å². The highest BCUT2D eigenvalue weighted by Gasteiger charge is 2.38. The van der Waals surface area contributed by atoms with Gasteiger partial charge in [0.05, 0.1) is 11.2 Å². The number of ketones is 1. The van der Waals surface area contributed by atoms with Crippen LogP contribution in [0.1, 0.15) is 45.0 Å². The minimum Gasteiger partial charge on any atom is -0.366 e. The van der Waals surface area contributed by atoms with Crippen molar-refractivity contribution in [2.75, 3.05) is 18.0 Å².